The van der Waals surface area contributed by atoms with Crippen molar-refractivity contribution in [1.82, 2.24) is 0 Å². The van der Waals surface area contributed by atoms with E-state index in [-0.39, 0.29) is 12.8 Å². The summed E-state index contributed by atoms with van der Waals surface area (Å²) in [6.07, 6.45) is 1.54. The number of unbranched alkanes of at least 4 members (excludes halogenated alkanes) is 2. The van der Waals surface area contributed by atoms with Gasteiger partial charge in [0, 0.05) is 12.5 Å². The Morgan fingerprint density at radius 3 is 2.19 bits per heavy atom. The van der Waals surface area contributed by atoms with Crippen molar-refractivity contribution in [2.24, 2.45) is 0 Å². The summed E-state index contributed by atoms with van der Waals surface area (Å²) in [5.41, 5.74) is -2.55. The molecular formula is C9H19F5Si2. The highest BCUT2D eigenvalue weighted by Crippen LogP contribution is 2.23. The van der Waals surface area contributed by atoms with E-state index in [1.807, 2.05) is 6.92 Å². The van der Waals surface area contributed by atoms with Crippen LogP contribution in [0, 0.1) is 0 Å². The van der Waals surface area contributed by atoms with Gasteiger partial charge in [-0.05, 0) is 12.8 Å². The minimum absolute atomic E-state index is 0.0482. The van der Waals surface area contributed by atoms with Gasteiger partial charge in [-0.25, -0.2) is 21.1 Å². The van der Waals surface area contributed by atoms with E-state index in [4.69, 9.17) is 0 Å². The van der Waals surface area contributed by atoms with Gasteiger partial charge in [-0.3, -0.25) is 0 Å². The van der Waals surface area contributed by atoms with Crippen molar-refractivity contribution in [3.63, 3.8) is 0 Å². The lowest BCUT2D eigenvalue weighted by atomic mass is 10.3. The Bertz CT molecular complexity index is 181. The minimum atomic E-state index is -5.45. The number of hydrogen-bond acceptors (Lipinski definition) is 0. The summed E-state index contributed by atoms with van der Waals surface area (Å²) in [5.74, 6) is 0. The van der Waals surface area contributed by atoms with Crippen molar-refractivity contribution < 1.29 is 21.1 Å². The second kappa shape index (κ2) is 7.42. The smallest absolute Gasteiger partial charge is 0.238 e. The van der Waals surface area contributed by atoms with E-state index in [1.165, 1.54) is 0 Å². The van der Waals surface area contributed by atoms with Gasteiger partial charge >= 0.3 is 9.08 Å². The Labute approximate surface area is 97.0 Å². The van der Waals surface area contributed by atoms with Crippen LogP contribution in [0.2, 0.25) is 12.1 Å². The first-order valence-electron chi connectivity index (χ1n) is 5.71. The van der Waals surface area contributed by atoms with Crippen LogP contribution in [0.1, 0.15) is 39.0 Å². The molecule has 0 aromatic rings. The molecule has 0 N–H and O–H groups in total. The van der Waals surface area contributed by atoms with Crippen molar-refractivity contribution in [3.05, 3.63) is 0 Å². The fraction of sp³-hybridized carbons (Fsp3) is 1.00. The molecule has 0 aliphatic carbocycles. The van der Waals surface area contributed by atoms with Crippen molar-refractivity contribution in [1.29, 1.82) is 0 Å². The van der Waals surface area contributed by atoms with Crippen molar-refractivity contribution in [2.45, 2.75) is 56.7 Å². The van der Waals surface area contributed by atoms with E-state index >= 15 is 0 Å². The molecule has 0 saturated heterocycles. The molecule has 0 spiro atoms. The van der Waals surface area contributed by atoms with E-state index in [2.05, 4.69) is 0 Å². The molecule has 0 saturated carbocycles. The van der Waals surface area contributed by atoms with Crippen LogP contribution in [-0.2, 0) is 0 Å². The van der Waals surface area contributed by atoms with Gasteiger partial charge in [0.2, 0.25) is 5.55 Å². The molecule has 0 aliphatic heterocycles. The third-order valence-corrected chi connectivity index (χ3v) is 5.26. The van der Waals surface area contributed by atoms with Crippen LogP contribution >= 0.6 is 0 Å². The summed E-state index contributed by atoms with van der Waals surface area (Å²) >= 11 is 0. The maximum atomic E-state index is 13.1. The van der Waals surface area contributed by atoms with Crippen LogP contribution in [-0.4, -0.2) is 24.1 Å². The molecule has 0 aromatic carbocycles. The van der Waals surface area contributed by atoms with Crippen LogP contribution in [0.3, 0.4) is 0 Å². The molecule has 0 atom stereocenters. The van der Waals surface area contributed by atoms with E-state index in [0.717, 1.165) is 6.42 Å². The molecule has 0 radical (unpaired) electrons. The second-order valence-corrected chi connectivity index (χ2v) is 8.11. The number of rotatable bonds is 9. The molecule has 0 fully saturated rings. The van der Waals surface area contributed by atoms with E-state index in [1.54, 1.807) is 0 Å². The highest BCUT2D eigenvalue weighted by atomic mass is 28.5. The summed E-state index contributed by atoms with van der Waals surface area (Å²) in [7, 11) is -6.98. The first kappa shape index (κ1) is 16.1. The highest BCUT2D eigenvalue weighted by molar-refractivity contribution is 6.58. The van der Waals surface area contributed by atoms with Gasteiger partial charge in [0.25, 0.3) is 0 Å². The summed E-state index contributed by atoms with van der Waals surface area (Å²) in [6, 6.07) is -0.372. The van der Waals surface area contributed by atoms with Crippen molar-refractivity contribution in [2.75, 3.05) is 0 Å². The molecule has 98 valence electrons. The lowest BCUT2D eigenvalue weighted by Gasteiger charge is -2.15. The molecule has 0 aliphatic rings. The predicted octanol–water partition coefficient (Wildman–Crippen LogP) is 3.98. The van der Waals surface area contributed by atoms with Gasteiger partial charge in [0.1, 0.15) is 9.52 Å². The Hall–Kier alpha value is 0.0838. The summed E-state index contributed by atoms with van der Waals surface area (Å²) < 4.78 is 61.9. The van der Waals surface area contributed by atoms with Gasteiger partial charge in [-0.15, -0.1) is 0 Å². The molecule has 0 rings (SSSR count). The lowest BCUT2D eigenvalue weighted by molar-refractivity contribution is 0.0776. The van der Waals surface area contributed by atoms with Gasteiger partial charge in [0.05, 0.1) is 0 Å². The average molecular weight is 278 g/mol. The zero-order valence-electron chi connectivity index (χ0n) is 9.55. The van der Waals surface area contributed by atoms with E-state index in [0.29, 0.717) is 18.9 Å². The van der Waals surface area contributed by atoms with Gasteiger partial charge in [0.15, 0.2) is 0 Å². The average Bonchev–Trinajstić information content (AvgIpc) is 2.12. The number of alkyl halides is 2. The maximum Gasteiger partial charge on any atom is 0.616 e. The Balaban J connectivity index is 3.50. The zero-order chi connectivity index (χ0) is 12.7. The Morgan fingerprint density at radius 1 is 1.06 bits per heavy atom. The van der Waals surface area contributed by atoms with Crippen LogP contribution in [0.15, 0.2) is 0 Å². The molecule has 0 aromatic heterocycles. The number of halogens is 5. The molecule has 16 heavy (non-hydrogen) atoms. The monoisotopic (exact) mass is 278 g/mol. The van der Waals surface area contributed by atoms with Crippen molar-refractivity contribution >= 4 is 18.6 Å². The molecule has 0 nitrogen and oxygen atoms in total. The third-order valence-electron chi connectivity index (χ3n) is 2.40. The van der Waals surface area contributed by atoms with Gasteiger partial charge in [-0.1, -0.05) is 25.8 Å². The summed E-state index contributed by atoms with van der Waals surface area (Å²) in [4.78, 5) is 0. The molecule has 0 bridgehead atoms. The standard InChI is InChI=1S/C9H19F5Si2/c1-2-3-6-9(10,11)15-7-4-5-8-16(12,13)14/h2-8,15H2,1H3. The third kappa shape index (κ3) is 10.6. The van der Waals surface area contributed by atoms with E-state index in [9.17, 15) is 21.1 Å². The van der Waals surface area contributed by atoms with Gasteiger partial charge in [-0.2, -0.15) is 0 Å². The summed E-state index contributed by atoms with van der Waals surface area (Å²) in [6.45, 7) is 1.85. The fourth-order valence-electron chi connectivity index (χ4n) is 1.45. The quantitative estimate of drug-likeness (QED) is 0.259. The lowest BCUT2D eigenvalue weighted by Crippen LogP contribution is -2.24. The van der Waals surface area contributed by atoms with Crippen molar-refractivity contribution in [3.8, 4) is 0 Å². The molecular weight excluding hydrogens is 259 g/mol. The first-order valence-corrected chi connectivity index (χ1v) is 9.26. The predicted molar refractivity (Wildman–Crippen MR) is 60.9 cm³/mol. The molecule has 0 heterocycles. The molecule has 0 unspecified atom stereocenters. The number of hydrogen-bond donors (Lipinski definition) is 0. The molecule has 7 heteroatoms. The topological polar surface area (TPSA) is 0 Å². The minimum Gasteiger partial charge on any atom is -0.238 e. The van der Waals surface area contributed by atoms with Crippen LogP contribution < -0.4 is 0 Å². The zero-order valence-corrected chi connectivity index (χ0v) is 12.0. The van der Waals surface area contributed by atoms with Crippen LogP contribution in [0.4, 0.5) is 21.1 Å². The van der Waals surface area contributed by atoms with Crippen LogP contribution in [0.25, 0.3) is 0 Å². The maximum absolute atomic E-state index is 13.1. The van der Waals surface area contributed by atoms with Gasteiger partial charge < -0.3 is 0 Å². The SMILES string of the molecule is CCCCC(F)(F)[SiH2]CCCC[Si](F)(F)F. The van der Waals surface area contributed by atoms with E-state index < -0.39 is 30.2 Å². The normalized spacial score (nSPS) is 13.9. The second-order valence-electron chi connectivity index (χ2n) is 4.14. The first-order chi connectivity index (χ1) is 7.27. The largest absolute Gasteiger partial charge is 0.616 e. The van der Waals surface area contributed by atoms with Crippen LogP contribution in [0.5, 0.6) is 0 Å². The fourth-order valence-corrected chi connectivity index (χ4v) is 3.72. The Morgan fingerprint density at radius 2 is 1.69 bits per heavy atom. The molecule has 0 amide bonds. The Kier molecular flexibility index (Phi) is 7.46. The highest BCUT2D eigenvalue weighted by Gasteiger charge is 2.35. The summed E-state index contributed by atoms with van der Waals surface area (Å²) in [5, 5.41) is 0.